The van der Waals surface area contributed by atoms with Gasteiger partial charge in [0.1, 0.15) is 5.82 Å². The minimum atomic E-state index is -0.830. The molecule has 0 aliphatic rings. The van der Waals surface area contributed by atoms with Crippen LogP contribution >= 0.6 is 15.9 Å². The van der Waals surface area contributed by atoms with Gasteiger partial charge in [-0.2, -0.15) is 0 Å². The van der Waals surface area contributed by atoms with Crippen LogP contribution < -0.4 is 4.90 Å². The lowest BCUT2D eigenvalue weighted by Gasteiger charge is -2.18. The number of rotatable bonds is 3. The van der Waals surface area contributed by atoms with Crippen molar-refractivity contribution in [1.82, 2.24) is 4.98 Å². The molecular weight excluding hydrogens is 302 g/mol. The van der Waals surface area contributed by atoms with Gasteiger partial charge in [0.15, 0.2) is 11.6 Å². The lowest BCUT2D eigenvalue weighted by molar-refractivity contribution is 0.507. The summed E-state index contributed by atoms with van der Waals surface area (Å²) >= 11 is 3.31. The molecule has 0 N–H and O–H groups in total. The van der Waals surface area contributed by atoms with Gasteiger partial charge < -0.3 is 4.90 Å². The van der Waals surface area contributed by atoms with Crippen molar-refractivity contribution >= 4 is 21.7 Å². The number of benzene rings is 1. The summed E-state index contributed by atoms with van der Waals surface area (Å²) in [6.45, 7) is 0.464. The summed E-state index contributed by atoms with van der Waals surface area (Å²) in [4.78, 5) is 6.09. The molecule has 0 bridgehead atoms. The summed E-state index contributed by atoms with van der Waals surface area (Å²) < 4.78 is 26.8. The highest BCUT2D eigenvalue weighted by Crippen LogP contribution is 2.16. The van der Waals surface area contributed by atoms with E-state index in [1.807, 2.05) is 24.1 Å². The topological polar surface area (TPSA) is 16.1 Å². The summed E-state index contributed by atoms with van der Waals surface area (Å²) in [5.74, 6) is -0.893. The van der Waals surface area contributed by atoms with E-state index in [9.17, 15) is 8.78 Å². The number of hydrogen-bond acceptors (Lipinski definition) is 2. The molecule has 0 aliphatic carbocycles. The van der Waals surface area contributed by atoms with E-state index in [-0.39, 0.29) is 0 Å². The molecule has 1 heterocycles. The zero-order chi connectivity index (χ0) is 13.1. The number of halogens is 3. The Morgan fingerprint density at radius 2 is 1.94 bits per heavy atom. The van der Waals surface area contributed by atoms with E-state index in [4.69, 9.17) is 0 Å². The summed E-state index contributed by atoms with van der Waals surface area (Å²) in [5, 5.41) is 0. The Labute approximate surface area is 112 Å². The first-order valence-corrected chi connectivity index (χ1v) is 6.12. The van der Waals surface area contributed by atoms with Gasteiger partial charge in [0, 0.05) is 24.3 Å². The number of anilines is 1. The van der Waals surface area contributed by atoms with Crippen molar-refractivity contribution in [1.29, 1.82) is 0 Å². The zero-order valence-corrected chi connectivity index (χ0v) is 11.3. The van der Waals surface area contributed by atoms with Crippen molar-refractivity contribution in [2.24, 2.45) is 0 Å². The van der Waals surface area contributed by atoms with Gasteiger partial charge >= 0.3 is 0 Å². The normalized spacial score (nSPS) is 10.4. The summed E-state index contributed by atoms with van der Waals surface area (Å²) in [5.41, 5.74) is 0.695. The van der Waals surface area contributed by atoms with Crippen LogP contribution in [0.3, 0.4) is 0 Å². The standard InChI is InChI=1S/C13H11BrF2N2/c1-18(13-5-3-10(14)7-17-13)8-9-2-4-11(15)12(16)6-9/h2-7H,8H2,1H3. The molecule has 1 aromatic carbocycles. The van der Waals surface area contributed by atoms with Gasteiger partial charge in [-0.25, -0.2) is 13.8 Å². The second-order valence-corrected chi connectivity index (χ2v) is 4.85. The second kappa shape index (κ2) is 5.44. The lowest BCUT2D eigenvalue weighted by Crippen LogP contribution is -2.17. The van der Waals surface area contributed by atoms with Crippen LogP contribution in [0.15, 0.2) is 41.0 Å². The molecule has 0 unspecified atom stereocenters. The van der Waals surface area contributed by atoms with E-state index in [0.29, 0.717) is 12.1 Å². The molecule has 0 saturated carbocycles. The Morgan fingerprint density at radius 3 is 2.56 bits per heavy atom. The Morgan fingerprint density at radius 1 is 1.17 bits per heavy atom. The maximum atomic E-state index is 13.1. The number of hydrogen-bond donors (Lipinski definition) is 0. The SMILES string of the molecule is CN(Cc1ccc(F)c(F)c1)c1ccc(Br)cn1. The van der Waals surface area contributed by atoms with E-state index < -0.39 is 11.6 Å². The van der Waals surface area contributed by atoms with E-state index in [2.05, 4.69) is 20.9 Å². The largest absolute Gasteiger partial charge is 0.355 e. The Bertz CT molecular complexity index is 543. The van der Waals surface area contributed by atoms with E-state index in [1.165, 1.54) is 6.07 Å². The molecule has 94 valence electrons. The van der Waals surface area contributed by atoms with Crippen LogP contribution in [0.25, 0.3) is 0 Å². The fourth-order valence-corrected chi connectivity index (χ4v) is 1.82. The smallest absolute Gasteiger partial charge is 0.159 e. The third kappa shape index (κ3) is 3.04. The Balaban J connectivity index is 2.13. The van der Waals surface area contributed by atoms with Gasteiger partial charge in [-0.3, -0.25) is 0 Å². The summed E-state index contributed by atoms with van der Waals surface area (Å²) in [6.07, 6.45) is 1.69. The third-order valence-electron chi connectivity index (χ3n) is 2.51. The maximum absolute atomic E-state index is 13.1. The summed E-state index contributed by atoms with van der Waals surface area (Å²) in [7, 11) is 1.84. The highest BCUT2D eigenvalue weighted by atomic mass is 79.9. The molecular formula is C13H11BrF2N2. The van der Waals surface area contributed by atoms with Crippen molar-refractivity contribution in [2.45, 2.75) is 6.54 Å². The third-order valence-corrected chi connectivity index (χ3v) is 2.98. The zero-order valence-electron chi connectivity index (χ0n) is 9.70. The predicted molar refractivity (Wildman–Crippen MR) is 70.4 cm³/mol. The fourth-order valence-electron chi connectivity index (χ4n) is 1.59. The first-order chi connectivity index (χ1) is 8.56. The first kappa shape index (κ1) is 13.0. The second-order valence-electron chi connectivity index (χ2n) is 3.94. The van der Waals surface area contributed by atoms with Crippen LogP contribution in [0.2, 0.25) is 0 Å². The summed E-state index contributed by atoms with van der Waals surface area (Å²) in [6, 6.07) is 7.63. The molecule has 2 aromatic rings. The van der Waals surface area contributed by atoms with Crippen LogP contribution in [0.5, 0.6) is 0 Å². The molecule has 0 aliphatic heterocycles. The van der Waals surface area contributed by atoms with Gasteiger partial charge in [-0.05, 0) is 45.8 Å². The lowest BCUT2D eigenvalue weighted by atomic mass is 10.2. The highest BCUT2D eigenvalue weighted by Gasteiger charge is 2.06. The number of nitrogens with zero attached hydrogens (tertiary/aromatic N) is 2. The van der Waals surface area contributed by atoms with Crippen molar-refractivity contribution in [3.8, 4) is 0 Å². The van der Waals surface area contributed by atoms with Gasteiger partial charge in [0.05, 0.1) is 0 Å². The molecule has 0 radical (unpaired) electrons. The molecule has 5 heteroatoms. The van der Waals surface area contributed by atoms with E-state index >= 15 is 0 Å². The minimum absolute atomic E-state index is 0.464. The van der Waals surface area contributed by atoms with Crippen LogP contribution in [0, 0.1) is 11.6 Å². The quantitative estimate of drug-likeness (QED) is 0.858. The maximum Gasteiger partial charge on any atom is 0.159 e. The molecule has 0 amide bonds. The number of aromatic nitrogens is 1. The Kier molecular flexibility index (Phi) is 3.91. The van der Waals surface area contributed by atoms with E-state index in [1.54, 1.807) is 12.3 Å². The highest BCUT2D eigenvalue weighted by molar-refractivity contribution is 9.10. The van der Waals surface area contributed by atoms with Crippen molar-refractivity contribution in [3.63, 3.8) is 0 Å². The van der Waals surface area contributed by atoms with Crippen molar-refractivity contribution in [3.05, 3.63) is 58.2 Å². The van der Waals surface area contributed by atoms with Gasteiger partial charge in [0.25, 0.3) is 0 Å². The first-order valence-electron chi connectivity index (χ1n) is 5.33. The molecule has 2 rings (SSSR count). The molecule has 0 fully saturated rings. The number of pyridine rings is 1. The van der Waals surface area contributed by atoms with Crippen molar-refractivity contribution < 1.29 is 8.78 Å². The van der Waals surface area contributed by atoms with Crippen LogP contribution in [0.1, 0.15) is 5.56 Å². The average Bonchev–Trinajstić information content (AvgIpc) is 2.34. The average molecular weight is 313 g/mol. The van der Waals surface area contributed by atoms with Crippen molar-refractivity contribution in [2.75, 3.05) is 11.9 Å². The van der Waals surface area contributed by atoms with Crippen LogP contribution in [0.4, 0.5) is 14.6 Å². The van der Waals surface area contributed by atoms with Gasteiger partial charge in [-0.15, -0.1) is 0 Å². The molecule has 1 aromatic heterocycles. The molecule has 0 atom stereocenters. The van der Waals surface area contributed by atoms with E-state index in [0.717, 1.165) is 16.4 Å². The van der Waals surface area contributed by atoms with Crippen LogP contribution in [-0.4, -0.2) is 12.0 Å². The monoisotopic (exact) mass is 312 g/mol. The predicted octanol–water partition coefficient (Wildman–Crippen LogP) is 3.76. The van der Waals surface area contributed by atoms with Crippen LogP contribution in [-0.2, 0) is 6.54 Å². The van der Waals surface area contributed by atoms with Gasteiger partial charge in [0.2, 0.25) is 0 Å². The molecule has 2 nitrogen and oxygen atoms in total. The fraction of sp³-hybridized carbons (Fsp3) is 0.154. The molecule has 0 spiro atoms. The minimum Gasteiger partial charge on any atom is -0.355 e. The van der Waals surface area contributed by atoms with Gasteiger partial charge in [-0.1, -0.05) is 6.07 Å². The Hall–Kier alpha value is -1.49. The molecule has 18 heavy (non-hydrogen) atoms. The molecule has 0 saturated heterocycles.